The number of carbonyl (C=O) groups excluding carboxylic acids is 1. The van der Waals surface area contributed by atoms with Gasteiger partial charge in [-0.1, -0.05) is 0 Å². The van der Waals surface area contributed by atoms with Crippen LogP contribution in [0.25, 0.3) is 0 Å². The summed E-state index contributed by atoms with van der Waals surface area (Å²) >= 11 is 0. The van der Waals surface area contributed by atoms with Crippen LogP contribution in [0.3, 0.4) is 0 Å². The van der Waals surface area contributed by atoms with Crippen LogP contribution in [0.15, 0.2) is 30.5 Å². The lowest BCUT2D eigenvalue weighted by Crippen LogP contribution is -2.14. The number of amides is 1. The van der Waals surface area contributed by atoms with E-state index in [0.29, 0.717) is 0 Å². The number of nitrogens with zero attached hydrogens (tertiary/aromatic N) is 3. The second kappa shape index (κ2) is 3.80. The van der Waals surface area contributed by atoms with Crippen molar-refractivity contribution in [2.45, 2.75) is 6.85 Å². The lowest BCUT2D eigenvalue weighted by Gasteiger charge is -2.18. The largest absolute Gasteiger partial charge is 0.318 e. The summed E-state index contributed by atoms with van der Waals surface area (Å²) in [6.07, 6.45) is 1.17. The zero-order valence-corrected chi connectivity index (χ0v) is 9.48. The third-order valence-corrected chi connectivity index (χ3v) is 2.71. The van der Waals surface area contributed by atoms with Crippen LogP contribution in [-0.2, 0) is 0 Å². The van der Waals surface area contributed by atoms with Crippen molar-refractivity contribution >= 4 is 23.2 Å². The lowest BCUT2D eigenvalue weighted by atomic mass is 10.2. The summed E-state index contributed by atoms with van der Waals surface area (Å²) in [5, 5.41) is 2.52. The number of rotatable bonds is 0. The number of aromatic nitrogens is 2. The van der Waals surface area contributed by atoms with Crippen LogP contribution in [0.1, 0.15) is 22.8 Å². The van der Waals surface area contributed by atoms with Crippen molar-refractivity contribution in [1.82, 2.24) is 9.97 Å². The van der Waals surface area contributed by atoms with Gasteiger partial charge in [0.1, 0.15) is 5.82 Å². The first-order valence-electron chi connectivity index (χ1n) is 7.73. The van der Waals surface area contributed by atoms with Crippen LogP contribution < -0.4 is 10.2 Å². The fourth-order valence-corrected chi connectivity index (χ4v) is 1.83. The van der Waals surface area contributed by atoms with Gasteiger partial charge in [-0.2, -0.15) is 0 Å². The molecule has 90 valence electrons. The van der Waals surface area contributed by atoms with Gasteiger partial charge in [0.2, 0.25) is 0 Å². The fraction of sp³-hybridized carbons (Fsp3) is 0.154. The summed E-state index contributed by atoms with van der Waals surface area (Å²) < 4.78 is 38.4. The van der Waals surface area contributed by atoms with E-state index < -0.39 is 12.8 Å². The van der Waals surface area contributed by atoms with Crippen molar-refractivity contribution in [2.24, 2.45) is 0 Å². The molecule has 0 aromatic carbocycles. The van der Waals surface area contributed by atoms with Gasteiger partial charge in [-0.3, -0.25) is 4.79 Å². The molecule has 0 saturated heterocycles. The van der Waals surface area contributed by atoms with E-state index in [1.807, 2.05) is 0 Å². The van der Waals surface area contributed by atoms with Crippen molar-refractivity contribution in [3.63, 3.8) is 0 Å². The number of aryl methyl sites for hydroxylation is 1. The molecular formula is C13H12N4O. The highest BCUT2D eigenvalue weighted by molar-refractivity contribution is 6.11. The minimum Gasteiger partial charge on any atom is -0.318 e. The third kappa shape index (κ3) is 1.44. The zero-order chi connectivity index (χ0) is 16.9. The van der Waals surface area contributed by atoms with Crippen molar-refractivity contribution in [3.05, 3.63) is 41.7 Å². The number of fused-ring (bicyclic) bond motifs is 2. The summed E-state index contributed by atoms with van der Waals surface area (Å²) in [5.74, 6) is -0.362. The molecule has 0 bridgehead atoms. The second-order valence-electron chi connectivity index (χ2n) is 3.80. The number of anilines is 3. The van der Waals surface area contributed by atoms with Gasteiger partial charge in [0.15, 0.2) is 5.82 Å². The van der Waals surface area contributed by atoms with Gasteiger partial charge in [0, 0.05) is 23.5 Å². The molecule has 0 unspecified atom stereocenters. The quantitative estimate of drug-likeness (QED) is 0.772. The SMILES string of the molecule is [2H]c1cc([2H])c2c(n1)N(C)c1nccc(C([2H])([2H])[2H])c1NC2=O. The Bertz CT molecular complexity index is 821. The molecule has 18 heavy (non-hydrogen) atoms. The summed E-state index contributed by atoms with van der Waals surface area (Å²) in [4.78, 5) is 22.0. The maximum atomic E-state index is 12.5. The Balaban J connectivity index is 2.30. The highest BCUT2D eigenvalue weighted by atomic mass is 16.1. The smallest absolute Gasteiger partial charge is 0.259 e. The molecule has 5 nitrogen and oxygen atoms in total. The average molecular weight is 245 g/mol. The Labute approximate surface area is 112 Å². The van der Waals surface area contributed by atoms with Gasteiger partial charge in [-0.15, -0.1) is 0 Å². The van der Waals surface area contributed by atoms with Crippen LogP contribution in [0, 0.1) is 6.85 Å². The van der Waals surface area contributed by atoms with Crippen LogP contribution in [0.4, 0.5) is 17.3 Å². The minimum absolute atomic E-state index is 0.0296. The van der Waals surface area contributed by atoms with E-state index in [2.05, 4.69) is 15.3 Å². The molecule has 1 aliphatic rings. The Kier molecular flexibility index (Phi) is 1.37. The molecule has 2 aromatic heterocycles. The second-order valence-corrected chi connectivity index (χ2v) is 3.80. The molecule has 1 amide bonds. The predicted octanol–water partition coefficient (Wildman–Crippen LogP) is 2.12. The van der Waals surface area contributed by atoms with Gasteiger partial charge in [-0.25, -0.2) is 9.97 Å². The molecule has 3 rings (SSSR count). The molecule has 5 heteroatoms. The van der Waals surface area contributed by atoms with Gasteiger partial charge < -0.3 is 10.2 Å². The normalized spacial score (nSPS) is 18.2. The highest BCUT2D eigenvalue weighted by Crippen LogP contribution is 2.35. The maximum absolute atomic E-state index is 12.5. The van der Waals surface area contributed by atoms with Crippen LogP contribution in [0.5, 0.6) is 0 Å². The molecule has 0 radical (unpaired) electrons. The fourth-order valence-electron chi connectivity index (χ4n) is 1.83. The highest BCUT2D eigenvalue weighted by Gasteiger charge is 2.25. The van der Waals surface area contributed by atoms with E-state index in [-0.39, 0.29) is 40.7 Å². The Morgan fingerprint density at radius 3 is 3.17 bits per heavy atom. The van der Waals surface area contributed by atoms with E-state index in [4.69, 9.17) is 6.85 Å². The molecule has 3 heterocycles. The molecular weight excluding hydrogens is 228 g/mol. The molecule has 0 fully saturated rings. The molecule has 0 saturated carbocycles. The van der Waals surface area contributed by atoms with Gasteiger partial charge in [0.25, 0.3) is 5.91 Å². The zero-order valence-electron chi connectivity index (χ0n) is 14.5. The monoisotopic (exact) mass is 245 g/mol. The number of carbonyl (C=O) groups is 1. The van der Waals surface area contributed by atoms with E-state index >= 15 is 0 Å². The summed E-state index contributed by atoms with van der Waals surface area (Å²) in [6, 6.07) is 2.31. The number of hydrogen-bond acceptors (Lipinski definition) is 4. The Hall–Kier alpha value is -2.43. The van der Waals surface area contributed by atoms with E-state index in [9.17, 15) is 4.79 Å². The topological polar surface area (TPSA) is 58.1 Å². The first-order valence-corrected chi connectivity index (χ1v) is 5.23. The molecule has 2 aromatic rings. The Morgan fingerprint density at radius 1 is 1.44 bits per heavy atom. The third-order valence-electron chi connectivity index (χ3n) is 2.71. The van der Waals surface area contributed by atoms with Gasteiger partial charge in [0.05, 0.1) is 14.0 Å². The minimum atomic E-state index is -2.44. The van der Waals surface area contributed by atoms with Crippen molar-refractivity contribution < 1.29 is 11.6 Å². The number of hydrogen-bond donors (Lipinski definition) is 1. The molecule has 0 aliphatic carbocycles. The number of pyridine rings is 2. The lowest BCUT2D eigenvalue weighted by molar-refractivity contribution is 0.102. The summed E-state index contributed by atoms with van der Waals surface area (Å²) in [6.45, 7) is -2.44. The van der Waals surface area contributed by atoms with Crippen LogP contribution in [0.2, 0.25) is 0 Å². The predicted molar refractivity (Wildman–Crippen MR) is 69.2 cm³/mol. The summed E-state index contributed by atoms with van der Waals surface area (Å²) in [5.41, 5.74) is -0.0185. The first kappa shape index (κ1) is 6.49. The number of nitrogens with one attached hydrogen (secondary N) is 1. The van der Waals surface area contributed by atoms with Crippen molar-refractivity contribution in [2.75, 3.05) is 17.3 Å². The van der Waals surface area contributed by atoms with Crippen molar-refractivity contribution in [1.29, 1.82) is 0 Å². The maximum Gasteiger partial charge on any atom is 0.259 e. The van der Waals surface area contributed by atoms with Gasteiger partial charge >= 0.3 is 0 Å². The summed E-state index contributed by atoms with van der Waals surface area (Å²) in [7, 11) is 1.56. The first-order chi connectivity index (χ1) is 10.7. The van der Waals surface area contributed by atoms with Crippen LogP contribution in [-0.4, -0.2) is 22.9 Å². The Morgan fingerprint density at radius 2 is 2.33 bits per heavy atom. The van der Waals surface area contributed by atoms with Gasteiger partial charge in [-0.05, 0) is 30.6 Å². The van der Waals surface area contributed by atoms with E-state index in [1.54, 1.807) is 7.05 Å². The molecule has 0 spiro atoms. The molecule has 0 atom stereocenters. The molecule has 1 N–H and O–H groups in total. The average Bonchev–Trinajstić information content (AvgIpc) is 2.53. The van der Waals surface area contributed by atoms with Crippen LogP contribution >= 0.6 is 0 Å². The van der Waals surface area contributed by atoms with Crippen molar-refractivity contribution in [3.8, 4) is 0 Å². The van der Waals surface area contributed by atoms with E-state index in [0.717, 1.165) is 6.07 Å². The standard InChI is InChI=1S/C13H12N4O/c1-8-5-7-15-12-10(8)16-13(18)9-4-3-6-14-11(9)17(12)2/h3-7H,1-2H3,(H,16,18)/i1D3,4D,6D. The van der Waals surface area contributed by atoms with E-state index in [1.165, 1.54) is 17.2 Å². The molecule has 1 aliphatic heterocycles.